The number of carbonyl (C=O) groups excluding carboxylic acids is 1. The zero-order valence-corrected chi connectivity index (χ0v) is 7.37. The Labute approximate surface area is 83.2 Å². The van der Waals surface area contributed by atoms with Crippen LogP contribution in [0.25, 0.3) is 5.82 Å². The number of rotatable bonds is 2. The van der Waals surface area contributed by atoms with Crippen molar-refractivity contribution in [3.05, 3.63) is 36.5 Å². The van der Waals surface area contributed by atoms with Crippen LogP contribution in [0.4, 0.5) is 4.53 Å². The lowest BCUT2D eigenvalue weighted by Gasteiger charge is -1.96. The largest absolute Gasteiger partial charge is 0.399 e. The van der Waals surface area contributed by atoms with E-state index in [9.17, 15) is 9.32 Å². The Kier molecular flexibility index (Phi) is 2.36. The summed E-state index contributed by atoms with van der Waals surface area (Å²) in [5, 5.41) is 3.75. The molecule has 0 saturated carbocycles. The lowest BCUT2D eigenvalue weighted by molar-refractivity contribution is -0.0793. The first-order chi connectivity index (χ1) is 7.31. The molecule has 0 unspecified atom stereocenters. The van der Waals surface area contributed by atoms with Gasteiger partial charge < -0.3 is 0 Å². The van der Waals surface area contributed by atoms with Crippen LogP contribution in [0.1, 0.15) is 10.5 Å². The molecule has 0 amide bonds. The molecule has 0 aliphatic carbocycles. The minimum atomic E-state index is -1.14. The van der Waals surface area contributed by atoms with Crippen LogP contribution in [-0.2, 0) is 4.94 Å². The molecule has 0 aliphatic heterocycles. The Morgan fingerprint density at radius 2 is 2.33 bits per heavy atom. The van der Waals surface area contributed by atoms with E-state index < -0.39 is 5.97 Å². The van der Waals surface area contributed by atoms with E-state index in [1.54, 1.807) is 0 Å². The topological polar surface area (TPSA) is 69.9 Å². The molecule has 0 spiro atoms. The molecular formula is C8H5FN4O2. The molecule has 2 heterocycles. The zero-order valence-electron chi connectivity index (χ0n) is 7.37. The van der Waals surface area contributed by atoms with E-state index in [-0.39, 0.29) is 5.69 Å². The monoisotopic (exact) mass is 208 g/mol. The van der Waals surface area contributed by atoms with Crippen molar-refractivity contribution in [2.24, 2.45) is 0 Å². The predicted octanol–water partition coefficient (Wildman–Crippen LogP) is 0.704. The molecule has 2 aromatic rings. The smallest absolute Gasteiger partial charge is 0.259 e. The van der Waals surface area contributed by atoms with Crippen LogP contribution < -0.4 is 0 Å². The minimum Gasteiger partial charge on any atom is -0.259 e. The van der Waals surface area contributed by atoms with Crippen LogP contribution in [0.15, 0.2) is 30.9 Å². The molecular weight excluding hydrogens is 203 g/mol. The van der Waals surface area contributed by atoms with E-state index in [0.29, 0.717) is 5.82 Å². The van der Waals surface area contributed by atoms with E-state index in [2.05, 4.69) is 20.0 Å². The highest BCUT2D eigenvalue weighted by atomic mass is 19.3. The third kappa shape index (κ3) is 1.80. The van der Waals surface area contributed by atoms with Gasteiger partial charge in [0.15, 0.2) is 11.5 Å². The van der Waals surface area contributed by atoms with Gasteiger partial charge in [0.05, 0.1) is 6.20 Å². The van der Waals surface area contributed by atoms with Gasteiger partial charge in [-0.25, -0.2) is 19.4 Å². The standard InChI is InChI=1S/C8H5FN4O2/c9-15-8(14)6-1-4-13(12-6)7-5-10-2-3-11-7/h1-5H. The van der Waals surface area contributed by atoms with Crippen molar-refractivity contribution < 1.29 is 14.3 Å². The molecule has 0 N–H and O–H groups in total. The second kappa shape index (κ2) is 3.82. The highest BCUT2D eigenvalue weighted by Crippen LogP contribution is 2.03. The van der Waals surface area contributed by atoms with Gasteiger partial charge in [-0.1, -0.05) is 0 Å². The average Bonchev–Trinajstić information content (AvgIpc) is 2.78. The molecule has 2 rings (SSSR count). The number of hydrogen-bond donors (Lipinski definition) is 0. The van der Waals surface area contributed by atoms with Crippen LogP contribution in [0.3, 0.4) is 0 Å². The predicted molar refractivity (Wildman–Crippen MR) is 45.7 cm³/mol. The Hall–Kier alpha value is -2.31. The van der Waals surface area contributed by atoms with Gasteiger partial charge in [0, 0.05) is 23.1 Å². The second-order valence-electron chi connectivity index (χ2n) is 2.57. The number of nitrogens with zero attached hydrogens (tertiary/aromatic N) is 4. The van der Waals surface area contributed by atoms with E-state index in [0.717, 1.165) is 0 Å². The van der Waals surface area contributed by atoms with E-state index in [1.807, 2.05) is 0 Å². The summed E-state index contributed by atoms with van der Waals surface area (Å²) in [6.07, 6.45) is 5.89. The van der Waals surface area contributed by atoms with Crippen molar-refractivity contribution in [1.29, 1.82) is 0 Å². The first kappa shape index (κ1) is 9.25. The van der Waals surface area contributed by atoms with E-state index in [1.165, 1.54) is 35.5 Å². The molecule has 0 bridgehead atoms. The maximum Gasteiger partial charge on any atom is 0.399 e. The fourth-order valence-corrected chi connectivity index (χ4v) is 1.01. The molecule has 76 valence electrons. The summed E-state index contributed by atoms with van der Waals surface area (Å²) in [6.45, 7) is 0. The summed E-state index contributed by atoms with van der Waals surface area (Å²) in [7, 11) is 0. The van der Waals surface area contributed by atoms with Crippen molar-refractivity contribution in [2.75, 3.05) is 0 Å². The average molecular weight is 208 g/mol. The van der Waals surface area contributed by atoms with Gasteiger partial charge in [-0.05, 0) is 6.07 Å². The number of halogens is 1. The summed E-state index contributed by atoms with van der Waals surface area (Å²) in [5.74, 6) is -0.715. The Morgan fingerprint density at radius 3 is 3.00 bits per heavy atom. The van der Waals surface area contributed by atoms with E-state index in [4.69, 9.17) is 0 Å². The van der Waals surface area contributed by atoms with Gasteiger partial charge in [-0.3, -0.25) is 4.98 Å². The first-order valence-electron chi connectivity index (χ1n) is 3.96. The molecule has 0 saturated heterocycles. The van der Waals surface area contributed by atoms with Crippen molar-refractivity contribution in [3.63, 3.8) is 0 Å². The summed E-state index contributed by atoms with van der Waals surface area (Å²) in [5.41, 5.74) is -0.136. The van der Waals surface area contributed by atoms with Gasteiger partial charge in [-0.2, -0.15) is 5.10 Å². The van der Waals surface area contributed by atoms with Crippen LogP contribution >= 0.6 is 0 Å². The van der Waals surface area contributed by atoms with E-state index >= 15 is 0 Å². The van der Waals surface area contributed by atoms with Gasteiger partial charge >= 0.3 is 5.97 Å². The molecule has 7 heteroatoms. The van der Waals surface area contributed by atoms with Gasteiger partial charge in [0.25, 0.3) is 0 Å². The van der Waals surface area contributed by atoms with Crippen molar-refractivity contribution in [1.82, 2.24) is 19.7 Å². The highest BCUT2D eigenvalue weighted by molar-refractivity contribution is 5.86. The Balaban J connectivity index is 2.32. The van der Waals surface area contributed by atoms with Crippen LogP contribution in [0.5, 0.6) is 0 Å². The fraction of sp³-hybridized carbons (Fsp3) is 0. The number of aromatic nitrogens is 4. The second-order valence-corrected chi connectivity index (χ2v) is 2.57. The number of hydrogen-bond acceptors (Lipinski definition) is 5. The normalized spacial score (nSPS) is 9.93. The lowest BCUT2D eigenvalue weighted by Crippen LogP contribution is -2.03. The summed E-state index contributed by atoms with van der Waals surface area (Å²) < 4.78 is 12.8. The maximum atomic E-state index is 11.6. The van der Waals surface area contributed by atoms with Crippen molar-refractivity contribution in [2.45, 2.75) is 0 Å². The molecule has 2 aromatic heterocycles. The molecule has 0 fully saturated rings. The molecule has 0 atom stereocenters. The van der Waals surface area contributed by atoms with Gasteiger partial charge in [0.2, 0.25) is 0 Å². The van der Waals surface area contributed by atoms with Gasteiger partial charge in [-0.15, -0.1) is 0 Å². The fourth-order valence-electron chi connectivity index (χ4n) is 1.01. The van der Waals surface area contributed by atoms with Gasteiger partial charge in [0.1, 0.15) is 0 Å². The highest BCUT2D eigenvalue weighted by Gasteiger charge is 2.12. The van der Waals surface area contributed by atoms with Crippen LogP contribution in [-0.4, -0.2) is 25.7 Å². The molecule has 0 aliphatic rings. The first-order valence-corrected chi connectivity index (χ1v) is 3.96. The van der Waals surface area contributed by atoms with Crippen LogP contribution in [0, 0.1) is 0 Å². The van der Waals surface area contributed by atoms with Crippen molar-refractivity contribution in [3.8, 4) is 5.82 Å². The summed E-state index contributed by atoms with van der Waals surface area (Å²) in [4.78, 5) is 21.5. The molecule has 0 aromatic carbocycles. The van der Waals surface area contributed by atoms with Crippen molar-refractivity contribution >= 4 is 5.97 Å². The quantitative estimate of drug-likeness (QED) is 0.726. The maximum absolute atomic E-state index is 11.6. The minimum absolute atomic E-state index is 0.136. The SMILES string of the molecule is O=C(OF)c1ccn(-c2cnccn2)n1. The lowest BCUT2D eigenvalue weighted by atomic mass is 10.5. The zero-order chi connectivity index (χ0) is 10.7. The Morgan fingerprint density at radius 1 is 1.47 bits per heavy atom. The van der Waals surface area contributed by atoms with Crippen LogP contribution in [0.2, 0.25) is 0 Å². The molecule has 6 nitrogen and oxygen atoms in total. The molecule has 0 radical (unpaired) electrons. The molecule has 15 heavy (non-hydrogen) atoms. The summed E-state index contributed by atoms with van der Waals surface area (Å²) >= 11 is 0. The Bertz CT molecular complexity index is 471. The summed E-state index contributed by atoms with van der Waals surface area (Å²) in [6, 6.07) is 1.32. The third-order valence-electron chi connectivity index (χ3n) is 1.65. The number of carbonyl (C=O) groups is 1. The third-order valence-corrected chi connectivity index (χ3v) is 1.65.